The minimum Gasteiger partial charge on any atom is -0.481 e. The van der Waals surface area contributed by atoms with Crippen LogP contribution in [0.5, 0.6) is 0 Å². The third kappa shape index (κ3) is 3.16. The molecule has 5 nitrogen and oxygen atoms in total. The van der Waals surface area contributed by atoms with E-state index in [1.807, 2.05) is 0 Å². The van der Waals surface area contributed by atoms with Crippen molar-refractivity contribution in [3.05, 3.63) is 18.2 Å². The van der Waals surface area contributed by atoms with Crippen molar-refractivity contribution in [1.29, 1.82) is 0 Å². The number of fused-ring (bicyclic) bond motifs is 1. The first-order valence-corrected chi connectivity index (χ1v) is 6.43. The van der Waals surface area contributed by atoms with Gasteiger partial charge in [0.15, 0.2) is 11.1 Å². The number of thioether (sulfide) groups is 1. The maximum Gasteiger partial charge on any atom is 0.403 e. The maximum atomic E-state index is 12.5. The van der Waals surface area contributed by atoms with Crippen LogP contribution in [0.25, 0.3) is 11.0 Å². The molecule has 0 aliphatic heterocycles. The summed E-state index contributed by atoms with van der Waals surface area (Å²) in [5.41, 5.74) is 7.21. The van der Waals surface area contributed by atoms with Crippen LogP contribution in [0.15, 0.2) is 23.4 Å². The fourth-order valence-corrected chi connectivity index (χ4v) is 2.54. The lowest BCUT2D eigenvalue weighted by atomic mass is 10.2. The Balaban J connectivity index is 2.14. The highest BCUT2D eigenvalue weighted by Crippen LogP contribution is 2.31. The number of nitrogen functional groups attached to an aromatic ring is 1. The number of hydrogen-bond acceptors (Lipinski definition) is 4. The predicted octanol–water partition coefficient (Wildman–Crippen LogP) is 2.50. The highest BCUT2D eigenvalue weighted by atomic mass is 32.2. The summed E-state index contributed by atoms with van der Waals surface area (Å²) in [7, 11) is 0. The highest BCUT2D eigenvalue weighted by molar-refractivity contribution is 7.99. The van der Waals surface area contributed by atoms with Crippen molar-refractivity contribution in [2.24, 2.45) is 5.92 Å². The number of imidazole rings is 1. The molecule has 0 fully saturated rings. The molecule has 1 heterocycles. The molecule has 0 bridgehead atoms. The average Bonchev–Trinajstić information content (AvgIpc) is 2.68. The minimum absolute atomic E-state index is 0.223. The van der Waals surface area contributed by atoms with E-state index < -0.39 is 23.8 Å². The molecule has 0 saturated heterocycles. The van der Waals surface area contributed by atoms with Crippen molar-refractivity contribution in [3.63, 3.8) is 0 Å². The first-order chi connectivity index (χ1) is 9.27. The van der Waals surface area contributed by atoms with Crippen LogP contribution in [0, 0.1) is 5.92 Å². The molecule has 0 amide bonds. The number of rotatable bonds is 4. The molecule has 4 N–H and O–H groups in total. The number of carboxylic acid groups (broad SMARTS) is 1. The Morgan fingerprint density at radius 3 is 2.80 bits per heavy atom. The monoisotopic (exact) mass is 305 g/mol. The number of aromatic nitrogens is 2. The van der Waals surface area contributed by atoms with Gasteiger partial charge in [-0.1, -0.05) is 11.8 Å². The van der Waals surface area contributed by atoms with Gasteiger partial charge in [0.2, 0.25) is 0 Å². The smallest absolute Gasteiger partial charge is 0.403 e. The lowest BCUT2D eigenvalue weighted by Gasteiger charge is -2.14. The Morgan fingerprint density at radius 2 is 2.20 bits per heavy atom. The molecule has 0 radical (unpaired) electrons. The number of aromatic amines is 1. The number of aliphatic carboxylic acids is 1. The molecular weight excluding hydrogens is 295 g/mol. The van der Waals surface area contributed by atoms with E-state index in [-0.39, 0.29) is 5.16 Å². The summed E-state index contributed by atoms with van der Waals surface area (Å²) >= 11 is 0.707. The van der Waals surface area contributed by atoms with Crippen LogP contribution in [0.1, 0.15) is 0 Å². The van der Waals surface area contributed by atoms with Gasteiger partial charge in [-0.2, -0.15) is 13.2 Å². The summed E-state index contributed by atoms with van der Waals surface area (Å²) in [4.78, 5) is 17.5. The number of alkyl halides is 3. The van der Waals surface area contributed by atoms with Crippen LogP contribution in [0.3, 0.4) is 0 Å². The van der Waals surface area contributed by atoms with Crippen molar-refractivity contribution < 1.29 is 23.1 Å². The summed E-state index contributed by atoms with van der Waals surface area (Å²) in [5.74, 6) is -4.97. The van der Waals surface area contributed by atoms with Crippen LogP contribution in [0.2, 0.25) is 0 Å². The van der Waals surface area contributed by atoms with Crippen LogP contribution in [-0.4, -0.2) is 33.0 Å². The molecule has 1 aromatic heterocycles. The Hall–Kier alpha value is -1.90. The predicted molar refractivity (Wildman–Crippen MR) is 68.4 cm³/mol. The van der Waals surface area contributed by atoms with E-state index in [4.69, 9.17) is 10.8 Å². The van der Waals surface area contributed by atoms with E-state index >= 15 is 0 Å². The topological polar surface area (TPSA) is 92.0 Å². The number of hydrogen-bond donors (Lipinski definition) is 3. The number of carbonyl (C=O) groups is 1. The highest BCUT2D eigenvalue weighted by Gasteiger charge is 2.45. The fourth-order valence-electron chi connectivity index (χ4n) is 1.54. The number of nitrogens with two attached hydrogens (primary N) is 1. The van der Waals surface area contributed by atoms with Gasteiger partial charge in [-0.25, -0.2) is 4.98 Å². The zero-order chi connectivity index (χ0) is 14.9. The van der Waals surface area contributed by atoms with E-state index in [1.54, 1.807) is 18.2 Å². The molecule has 1 unspecified atom stereocenters. The fraction of sp³-hybridized carbons (Fsp3) is 0.273. The molecular formula is C11H10F3N3O2S. The van der Waals surface area contributed by atoms with Crippen LogP contribution < -0.4 is 5.73 Å². The van der Waals surface area contributed by atoms with Crippen molar-refractivity contribution in [1.82, 2.24) is 9.97 Å². The van der Waals surface area contributed by atoms with Gasteiger partial charge in [0.05, 0.1) is 11.0 Å². The van der Waals surface area contributed by atoms with E-state index in [2.05, 4.69) is 9.97 Å². The summed E-state index contributed by atoms with van der Waals surface area (Å²) in [5, 5.41) is 8.81. The number of anilines is 1. The van der Waals surface area contributed by atoms with Crippen molar-refractivity contribution in [2.75, 3.05) is 11.5 Å². The first-order valence-electron chi connectivity index (χ1n) is 5.45. The number of nitrogens with zero attached hydrogens (tertiary/aromatic N) is 1. The number of carboxylic acids is 1. The molecule has 2 rings (SSSR count). The molecule has 0 aliphatic carbocycles. The SMILES string of the molecule is Nc1ccc2nc(SCC(C(=O)O)C(F)(F)F)[nH]c2c1. The van der Waals surface area contributed by atoms with E-state index in [1.165, 1.54) is 0 Å². The molecule has 20 heavy (non-hydrogen) atoms. The van der Waals surface area contributed by atoms with Crippen molar-refractivity contribution in [2.45, 2.75) is 11.3 Å². The van der Waals surface area contributed by atoms with Gasteiger partial charge in [-0.3, -0.25) is 4.79 Å². The molecule has 9 heteroatoms. The second-order valence-corrected chi connectivity index (χ2v) is 5.07. The van der Waals surface area contributed by atoms with Gasteiger partial charge in [0.1, 0.15) is 0 Å². The van der Waals surface area contributed by atoms with E-state index in [0.717, 1.165) is 0 Å². The van der Waals surface area contributed by atoms with Crippen LogP contribution >= 0.6 is 11.8 Å². The summed E-state index contributed by atoms with van der Waals surface area (Å²) in [6.07, 6.45) is -4.78. The molecule has 108 valence electrons. The van der Waals surface area contributed by atoms with Crippen molar-refractivity contribution in [3.8, 4) is 0 Å². The molecule has 0 saturated carbocycles. The van der Waals surface area contributed by atoms with E-state index in [9.17, 15) is 18.0 Å². The Kier molecular flexibility index (Phi) is 3.80. The lowest BCUT2D eigenvalue weighted by molar-refractivity contribution is -0.188. The number of H-pyrrole nitrogens is 1. The number of nitrogens with one attached hydrogen (secondary N) is 1. The third-order valence-corrected chi connectivity index (χ3v) is 3.53. The summed E-state index contributed by atoms with van der Waals surface area (Å²) in [6, 6.07) is 4.85. The summed E-state index contributed by atoms with van der Waals surface area (Å²) in [6.45, 7) is 0. The molecule has 1 aromatic carbocycles. The van der Waals surface area contributed by atoms with Gasteiger partial charge in [-0.15, -0.1) is 0 Å². The lowest BCUT2D eigenvalue weighted by Crippen LogP contribution is -2.32. The van der Waals surface area contributed by atoms with Gasteiger partial charge < -0.3 is 15.8 Å². The summed E-state index contributed by atoms with van der Waals surface area (Å²) < 4.78 is 37.5. The normalized spacial score (nSPS) is 13.6. The number of benzene rings is 1. The molecule has 1 atom stereocenters. The molecule has 2 aromatic rings. The largest absolute Gasteiger partial charge is 0.481 e. The molecule has 0 spiro atoms. The average molecular weight is 305 g/mol. The van der Waals surface area contributed by atoms with E-state index in [0.29, 0.717) is 28.5 Å². The Labute approximate surface area is 115 Å². The second kappa shape index (κ2) is 5.23. The van der Waals surface area contributed by atoms with Gasteiger partial charge in [-0.05, 0) is 18.2 Å². The standard InChI is InChI=1S/C11H10F3N3O2S/c12-11(13,14)6(9(18)19)4-20-10-16-7-2-1-5(15)3-8(7)17-10/h1-3,6H,4,15H2,(H,16,17)(H,18,19). The van der Waals surface area contributed by atoms with Gasteiger partial charge in [0, 0.05) is 11.4 Å². The van der Waals surface area contributed by atoms with Gasteiger partial charge in [0.25, 0.3) is 0 Å². The quantitative estimate of drug-likeness (QED) is 0.596. The zero-order valence-corrected chi connectivity index (χ0v) is 10.8. The van der Waals surface area contributed by atoms with Crippen LogP contribution in [-0.2, 0) is 4.79 Å². The third-order valence-electron chi connectivity index (χ3n) is 2.56. The zero-order valence-electron chi connectivity index (χ0n) is 9.94. The Morgan fingerprint density at radius 1 is 1.50 bits per heavy atom. The molecule has 0 aliphatic rings. The second-order valence-electron chi connectivity index (χ2n) is 4.06. The first kappa shape index (κ1) is 14.5. The maximum absolute atomic E-state index is 12.5. The van der Waals surface area contributed by atoms with Crippen LogP contribution in [0.4, 0.5) is 18.9 Å². The minimum atomic E-state index is -4.78. The number of halogens is 3. The van der Waals surface area contributed by atoms with Gasteiger partial charge >= 0.3 is 12.1 Å². The Bertz CT molecular complexity index is 641. The van der Waals surface area contributed by atoms with Crippen molar-refractivity contribution >= 4 is 34.5 Å².